The molecule has 0 unspecified atom stereocenters. The molecule has 2 N–H and O–H groups in total. The van der Waals surface area contributed by atoms with Crippen LogP contribution in [0, 0.1) is 0 Å². The number of aryl methyl sites for hydroxylation is 1. The number of aromatic amines is 1. The van der Waals surface area contributed by atoms with Gasteiger partial charge in [-0.05, 0) is 25.5 Å². The van der Waals surface area contributed by atoms with Gasteiger partial charge in [-0.2, -0.15) is 10.1 Å². The van der Waals surface area contributed by atoms with Crippen molar-refractivity contribution in [3.05, 3.63) is 57.9 Å². The van der Waals surface area contributed by atoms with Gasteiger partial charge in [0, 0.05) is 18.5 Å². The Morgan fingerprint density at radius 1 is 1.31 bits per heavy atom. The fraction of sp³-hybridized carbons (Fsp3) is 0.333. The molecule has 0 aliphatic carbocycles. The third-order valence-electron chi connectivity index (χ3n) is 4.59. The second-order valence-electron chi connectivity index (χ2n) is 6.48. The third kappa shape index (κ3) is 2.88. The predicted octanol–water partition coefficient (Wildman–Crippen LogP) is 1.22. The van der Waals surface area contributed by atoms with Crippen LogP contribution in [-0.4, -0.2) is 42.2 Å². The molecule has 2 aromatic heterocycles. The second kappa shape index (κ2) is 6.38. The number of carbonyl (C=O) groups is 1. The van der Waals surface area contributed by atoms with Gasteiger partial charge in [0.1, 0.15) is 5.69 Å². The summed E-state index contributed by atoms with van der Waals surface area (Å²) in [6.45, 7) is 3.25. The van der Waals surface area contributed by atoms with Crippen LogP contribution in [-0.2, 0) is 13.1 Å². The topological polar surface area (TPSA) is 104 Å². The van der Waals surface area contributed by atoms with Gasteiger partial charge in [0.15, 0.2) is 0 Å². The summed E-state index contributed by atoms with van der Waals surface area (Å²) in [6, 6.07) is 8.96. The van der Waals surface area contributed by atoms with Gasteiger partial charge in [-0.25, -0.2) is 4.79 Å². The van der Waals surface area contributed by atoms with Gasteiger partial charge in [0.05, 0.1) is 29.6 Å². The first kappa shape index (κ1) is 16.5. The first-order valence-corrected chi connectivity index (χ1v) is 8.56. The zero-order valence-corrected chi connectivity index (χ0v) is 14.3. The summed E-state index contributed by atoms with van der Waals surface area (Å²) < 4.78 is 1.83. The Morgan fingerprint density at radius 2 is 2.12 bits per heavy atom. The SMILES string of the molecule is C[C@@H](O)c1cc2n(n1)CCCN(C(=O)c1nc(=O)[nH]c3ccccc13)C2. The van der Waals surface area contributed by atoms with Crippen molar-refractivity contribution in [1.82, 2.24) is 24.6 Å². The van der Waals surface area contributed by atoms with Crippen molar-refractivity contribution in [2.24, 2.45) is 0 Å². The molecule has 0 saturated carbocycles. The lowest BCUT2D eigenvalue weighted by Gasteiger charge is -2.20. The van der Waals surface area contributed by atoms with Gasteiger partial charge < -0.3 is 15.0 Å². The smallest absolute Gasteiger partial charge is 0.346 e. The standard InChI is InChI=1S/C18H19N5O3/c1-11(24)15-9-12-10-22(7-4-8-23(12)21-15)17(25)16-13-5-2-3-6-14(13)19-18(26)20-16/h2-3,5-6,9,11,24H,4,7-8,10H2,1H3,(H,19,20,26)/t11-/m1/s1. The van der Waals surface area contributed by atoms with E-state index in [1.165, 1.54) is 0 Å². The Hall–Kier alpha value is -3.00. The molecule has 1 aliphatic heterocycles. The quantitative estimate of drug-likeness (QED) is 0.721. The normalized spacial score (nSPS) is 15.5. The fourth-order valence-corrected chi connectivity index (χ4v) is 3.28. The Morgan fingerprint density at radius 3 is 2.92 bits per heavy atom. The van der Waals surface area contributed by atoms with E-state index >= 15 is 0 Å². The first-order chi connectivity index (χ1) is 12.5. The minimum atomic E-state index is -0.656. The molecule has 1 atom stereocenters. The average Bonchev–Trinajstić information content (AvgIpc) is 2.92. The van der Waals surface area contributed by atoms with E-state index in [4.69, 9.17) is 0 Å². The summed E-state index contributed by atoms with van der Waals surface area (Å²) in [7, 11) is 0. The largest absolute Gasteiger partial charge is 0.387 e. The highest BCUT2D eigenvalue weighted by Gasteiger charge is 2.25. The zero-order chi connectivity index (χ0) is 18.3. The van der Waals surface area contributed by atoms with E-state index in [-0.39, 0.29) is 11.6 Å². The molecule has 134 valence electrons. The van der Waals surface area contributed by atoms with Crippen LogP contribution in [0.25, 0.3) is 10.9 Å². The Kier molecular flexibility index (Phi) is 4.04. The monoisotopic (exact) mass is 353 g/mol. The van der Waals surface area contributed by atoms with Crippen molar-refractivity contribution in [2.45, 2.75) is 32.5 Å². The molecule has 0 bridgehead atoms. The number of hydrogen-bond donors (Lipinski definition) is 2. The molecule has 26 heavy (non-hydrogen) atoms. The second-order valence-corrected chi connectivity index (χ2v) is 6.48. The molecule has 8 nitrogen and oxygen atoms in total. The van der Waals surface area contributed by atoms with Crippen LogP contribution < -0.4 is 5.69 Å². The molecule has 1 aliphatic rings. The van der Waals surface area contributed by atoms with Crippen LogP contribution in [0.5, 0.6) is 0 Å². The van der Waals surface area contributed by atoms with Crippen molar-refractivity contribution in [3.8, 4) is 0 Å². The van der Waals surface area contributed by atoms with Crippen molar-refractivity contribution < 1.29 is 9.90 Å². The minimum Gasteiger partial charge on any atom is -0.387 e. The number of rotatable bonds is 2. The van der Waals surface area contributed by atoms with Gasteiger partial charge in [0.25, 0.3) is 5.91 Å². The zero-order valence-electron chi connectivity index (χ0n) is 14.3. The Labute approximate surface area is 149 Å². The molecule has 0 spiro atoms. The molecule has 3 aromatic rings. The Balaban J connectivity index is 1.71. The maximum atomic E-state index is 13.1. The molecule has 1 aromatic carbocycles. The highest BCUT2D eigenvalue weighted by Crippen LogP contribution is 2.21. The lowest BCUT2D eigenvalue weighted by Crippen LogP contribution is -2.33. The van der Waals surface area contributed by atoms with Gasteiger partial charge >= 0.3 is 5.69 Å². The highest BCUT2D eigenvalue weighted by atomic mass is 16.3. The Bertz CT molecular complexity index is 1040. The molecular weight excluding hydrogens is 334 g/mol. The van der Waals surface area contributed by atoms with Gasteiger partial charge in [0.2, 0.25) is 0 Å². The number of aromatic nitrogens is 4. The number of fused-ring (bicyclic) bond motifs is 2. The summed E-state index contributed by atoms with van der Waals surface area (Å²) in [5, 5.41) is 14.8. The van der Waals surface area contributed by atoms with Crippen LogP contribution in [0.2, 0.25) is 0 Å². The first-order valence-electron chi connectivity index (χ1n) is 8.56. The highest BCUT2D eigenvalue weighted by molar-refractivity contribution is 6.04. The number of benzene rings is 1. The van der Waals surface area contributed by atoms with Crippen molar-refractivity contribution in [2.75, 3.05) is 6.54 Å². The summed E-state index contributed by atoms with van der Waals surface area (Å²) in [5.41, 5.74) is 1.67. The minimum absolute atomic E-state index is 0.160. The molecule has 3 heterocycles. The summed E-state index contributed by atoms with van der Waals surface area (Å²) >= 11 is 0. The number of carbonyl (C=O) groups excluding carboxylic acids is 1. The number of nitrogens with one attached hydrogen (secondary N) is 1. The van der Waals surface area contributed by atoms with Crippen molar-refractivity contribution in [3.63, 3.8) is 0 Å². The molecular formula is C18H19N5O3. The number of amides is 1. The van der Waals surface area contributed by atoms with E-state index in [0.29, 0.717) is 36.2 Å². The number of para-hydroxylation sites is 1. The van der Waals surface area contributed by atoms with Gasteiger partial charge in [-0.1, -0.05) is 18.2 Å². The summed E-state index contributed by atoms with van der Waals surface area (Å²) in [5.74, 6) is -0.277. The maximum absolute atomic E-state index is 13.1. The van der Waals surface area contributed by atoms with E-state index < -0.39 is 11.8 Å². The number of nitrogens with zero attached hydrogens (tertiary/aromatic N) is 4. The number of hydrogen-bond acceptors (Lipinski definition) is 5. The average molecular weight is 353 g/mol. The van der Waals surface area contributed by atoms with E-state index in [1.54, 1.807) is 30.0 Å². The van der Waals surface area contributed by atoms with Crippen molar-refractivity contribution >= 4 is 16.8 Å². The van der Waals surface area contributed by atoms with Crippen LogP contribution in [0.4, 0.5) is 0 Å². The van der Waals surface area contributed by atoms with E-state index in [0.717, 1.165) is 12.1 Å². The summed E-state index contributed by atoms with van der Waals surface area (Å²) in [4.78, 5) is 33.2. The number of aliphatic hydroxyl groups excluding tert-OH is 1. The molecule has 4 rings (SSSR count). The molecule has 0 saturated heterocycles. The number of aliphatic hydroxyl groups is 1. The van der Waals surface area contributed by atoms with E-state index in [9.17, 15) is 14.7 Å². The van der Waals surface area contributed by atoms with Crippen LogP contribution in [0.15, 0.2) is 35.1 Å². The van der Waals surface area contributed by atoms with Gasteiger partial charge in [-0.3, -0.25) is 9.48 Å². The van der Waals surface area contributed by atoms with Crippen LogP contribution in [0.3, 0.4) is 0 Å². The predicted molar refractivity (Wildman–Crippen MR) is 94.6 cm³/mol. The summed E-state index contributed by atoms with van der Waals surface area (Å²) in [6.07, 6.45) is 0.0812. The van der Waals surface area contributed by atoms with Crippen LogP contribution >= 0.6 is 0 Å². The van der Waals surface area contributed by atoms with Gasteiger partial charge in [-0.15, -0.1) is 0 Å². The molecule has 8 heteroatoms. The lowest BCUT2D eigenvalue weighted by atomic mass is 10.1. The van der Waals surface area contributed by atoms with E-state index in [1.807, 2.05) is 16.8 Å². The van der Waals surface area contributed by atoms with Crippen molar-refractivity contribution in [1.29, 1.82) is 0 Å². The third-order valence-corrected chi connectivity index (χ3v) is 4.59. The fourth-order valence-electron chi connectivity index (χ4n) is 3.28. The van der Waals surface area contributed by atoms with Crippen LogP contribution in [0.1, 0.15) is 41.3 Å². The maximum Gasteiger partial charge on any atom is 0.346 e. The molecule has 0 fully saturated rings. The lowest BCUT2D eigenvalue weighted by molar-refractivity contribution is 0.0741. The van der Waals surface area contributed by atoms with E-state index in [2.05, 4.69) is 15.1 Å². The molecule has 0 radical (unpaired) electrons. The number of H-pyrrole nitrogens is 1. The molecule has 1 amide bonds.